The zero-order valence-electron chi connectivity index (χ0n) is 11.5. The molecule has 0 aliphatic heterocycles. The van der Waals surface area contributed by atoms with Gasteiger partial charge in [-0.05, 0) is 42.8 Å². The number of nitrogens with one attached hydrogen (secondary N) is 2. The van der Waals surface area contributed by atoms with E-state index in [0.29, 0.717) is 0 Å². The Bertz CT molecular complexity index is 631. The maximum Gasteiger partial charge on any atom is 0.262 e. The topological polar surface area (TPSA) is 66.4 Å². The average Bonchev–Trinajstić information content (AvgIpc) is 2.48. The van der Waals surface area contributed by atoms with Gasteiger partial charge in [0, 0.05) is 22.6 Å². The number of nitrogens with zero attached hydrogens (tertiary/aromatic N) is 2. The lowest BCUT2D eigenvalue weighted by molar-refractivity contribution is -0.121. The first-order valence-corrected chi connectivity index (χ1v) is 7.19. The molecule has 0 saturated carbocycles. The minimum atomic E-state index is -0.395. The molecule has 0 radical (unpaired) electrons. The van der Waals surface area contributed by atoms with E-state index in [0.717, 1.165) is 15.7 Å². The molecule has 2 N–H and O–H groups in total. The van der Waals surface area contributed by atoms with Gasteiger partial charge in [0.25, 0.3) is 5.91 Å². The molecule has 5 nitrogen and oxygen atoms in total. The number of anilines is 1. The van der Waals surface area contributed by atoms with Crippen LogP contribution in [-0.2, 0) is 4.79 Å². The number of aromatic nitrogens is 1. The number of halogens is 1. The van der Waals surface area contributed by atoms with Gasteiger partial charge in [0.15, 0.2) is 0 Å². The van der Waals surface area contributed by atoms with Gasteiger partial charge in [-0.15, -0.1) is 0 Å². The van der Waals surface area contributed by atoms with Gasteiger partial charge in [-0.25, -0.2) is 5.43 Å². The van der Waals surface area contributed by atoms with E-state index < -0.39 is 6.04 Å². The predicted octanol–water partition coefficient (Wildman–Crippen LogP) is 2.79. The lowest BCUT2D eigenvalue weighted by atomic mass is 10.2. The summed E-state index contributed by atoms with van der Waals surface area (Å²) in [4.78, 5) is 15.8. The Morgan fingerprint density at radius 2 is 2.10 bits per heavy atom. The van der Waals surface area contributed by atoms with Crippen LogP contribution in [0.4, 0.5) is 5.69 Å². The standard InChI is InChI=1S/C15H15BrN4O/c1-11(19-14-4-2-3-13(16)9-14)15(21)20-18-10-12-5-7-17-8-6-12/h2-11,19H,1H3,(H,20,21)/b18-10+. The monoisotopic (exact) mass is 346 g/mol. The molecule has 0 fully saturated rings. The van der Waals surface area contributed by atoms with Gasteiger partial charge in [0.2, 0.25) is 0 Å². The molecule has 1 aromatic carbocycles. The summed E-state index contributed by atoms with van der Waals surface area (Å²) in [7, 11) is 0. The van der Waals surface area contributed by atoms with E-state index in [9.17, 15) is 4.79 Å². The number of hydrogen-bond acceptors (Lipinski definition) is 4. The SMILES string of the molecule is CC(Nc1cccc(Br)c1)C(=O)N/N=C/c1ccncc1. The molecule has 1 unspecified atom stereocenters. The highest BCUT2D eigenvalue weighted by Gasteiger charge is 2.11. The average molecular weight is 347 g/mol. The van der Waals surface area contributed by atoms with E-state index in [1.54, 1.807) is 37.7 Å². The van der Waals surface area contributed by atoms with E-state index in [1.165, 1.54) is 0 Å². The third kappa shape index (κ3) is 5.00. The van der Waals surface area contributed by atoms with E-state index >= 15 is 0 Å². The Morgan fingerprint density at radius 1 is 1.33 bits per heavy atom. The number of carbonyl (C=O) groups excluding carboxylic acids is 1. The molecule has 108 valence electrons. The van der Waals surface area contributed by atoms with Crippen molar-refractivity contribution in [2.75, 3.05) is 5.32 Å². The Labute approximate surface area is 131 Å². The summed E-state index contributed by atoms with van der Waals surface area (Å²) in [6.45, 7) is 1.78. The predicted molar refractivity (Wildman–Crippen MR) is 87.2 cm³/mol. The van der Waals surface area contributed by atoms with Crippen LogP contribution in [0.3, 0.4) is 0 Å². The number of rotatable bonds is 5. The molecule has 1 atom stereocenters. The lowest BCUT2D eigenvalue weighted by Crippen LogP contribution is -2.34. The molecule has 21 heavy (non-hydrogen) atoms. The molecule has 0 saturated heterocycles. The molecule has 0 spiro atoms. The molecule has 1 aromatic heterocycles. The van der Waals surface area contributed by atoms with Crippen molar-refractivity contribution in [2.24, 2.45) is 5.10 Å². The van der Waals surface area contributed by atoms with Crippen LogP contribution >= 0.6 is 15.9 Å². The van der Waals surface area contributed by atoms with E-state index in [2.05, 4.69) is 36.8 Å². The Hall–Kier alpha value is -2.21. The number of carbonyl (C=O) groups is 1. The van der Waals surface area contributed by atoms with Gasteiger partial charge >= 0.3 is 0 Å². The molecule has 0 aliphatic carbocycles. The second kappa shape index (κ2) is 7.54. The zero-order valence-corrected chi connectivity index (χ0v) is 13.0. The number of hydrazone groups is 1. The number of hydrogen-bond donors (Lipinski definition) is 2. The summed E-state index contributed by atoms with van der Waals surface area (Å²) < 4.78 is 0.954. The van der Waals surface area contributed by atoms with Crippen molar-refractivity contribution in [2.45, 2.75) is 13.0 Å². The molecule has 2 rings (SSSR count). The molecule has 1 amide bonds. The Morgan fingerprint density at radius 3 is 2.81 bits per heavy atom. The Kier molecular flexibility index (Phi) is 5.45. The summed E-state index contributed by atoms with van der Waals surface area (Å²) in [5, 5.41) is 7.03. The molecule has 0 bridgehead atoms. The minimum Gasteiger partial charge on any atom is -0.374 e. The fourth-order valence-electron chi connectivity index (χ4n) is 1.61. The van der Waals surface area contributed by atoms with Crippen LogP contribution in [-0.4, -0.2) is 23.1 Å². The number of pyridine rings is 1. The third-order valence-electron chi connectivity index (χ3n) is 2.70. The molecule has 2 aromatic rings. The summed E-state index contributed by atoms with van der Waals surface area (Å²) >= 11 is 3.39. The quantitative estimate of drug-likeness (QED) is 0.646. The van der Waals surface area contributed by atoms with Crippen LogP contribution in [0.5, 0.6) is 0 Å². The van der Waals surface area contributed by atoms with Crippen molar-refractivity contribution >= 4 is 33.7 Å². The van der Waals surface area contributed by atoms with Crippen molar-refractivity contribution in [3.8, 4) is 0 Å². The van der Waals surface area contributed by atoms with Crippen LogP contribution in [0.25, 0.3) is 0 Å². The number of amides is 1. The van der Waals surface area contributed by atoms with Crippen LogP contribution in [0.2, 0.25) is 0 Å². The van der Waals surface area contributed by atoms with Gasteiger partial charge < -0.3 is 5.32 Å². The van der Waals surface area contributed by atoms with Crippen molar-refractivity contribution in [1.29, 1.82) is 0 Å². The van der Waals surface area contributed by atoms with Crippen LogP contribution in [0.1, 0.15) is 12.5 Å². The van der Waals surface area contributed by atoms with E-state index in [-0.39, 0.29) is 5.91 Å². The van der Waals surface area contributed by atoms with Gasteiger partial charge in [-0.3, -0.25) is 9.78 Å². The molecule has 0 aliphatic rings. The lowest BCUT2D eigenvalue weighted by Gasteiger charge is -2.13. The largest absolute Gasteiger partial charge is 0.374 e. The summed E-state index contributed by atoms with van der Waals surface area (Å²) in [6.07, 6.45) is 4.91. The number of benzene rings is 1. The van der Waals surface area contributed by atoms with Gasteiger partial charge in [-0.1, -0.05) is 22.0 Å². The van der Waals surface area contributed by atoms with Crippen molar-refractivity contribution < 1.29 is 4.79 Å². The molecular weight excluding hydrogens is 332 g/mol. The van der Waals surface area contributed by atoms with Crippen LogP contribution in [0, 0.1) is 0 Å². The van der Waals surface area contributed by atoms with Gasteiger partial charge in [0.05, 0.1) is 6.21 Å². The smallest absolute Gasteiger partial charge is 0.262 e. The van der Waals surface area contributed by atoms with Crippen LogP contribution < -0.4 is 10.7 Å². The first kappa shape index (κ1) is 15.2. The summed E-state index contributed by atoms with van der Waals surface area (Å²) in [5.41, 5.74) is 4.24. The highest BCUT2D eigenvalue weighted by atomic mass is 79.9. The normalized spacial score (nSPS) is 12.1. The van der Waals surface area contributed by atoms with Crippen molar-refractivity contribution in [3.63, 3.8) is 0 Å². The summed E-state index contributed by atoms with van der Waals surface area (Å²) in [6, 6.07) is 10.8. The fraction of sp³-hybridized carbons (Fsp3) is 0.133. The van der Waals surface area contributed by atoms with Gasteiger partial charge in [0.1, 0.15) is 6.04 Å². The first-order chi connectivity index (χ1) is 10.1. The van der Waals surface area contributed by atoms with Crippen molar-refractivity contribution in [1.82, 2.24) is 10.4 Å². The fourth-order valence-corrected chi connectivity index (χ4v) is 2.01. The van der Waals surface area contributed by atoms with Crippen molar-refractivity contribution in [3.05, 3.63) is 58.8 Å². The molecule has 6 heteroatoms. The first-order valence-electron chi connectivity index (χ1n) is 6.40. The van der Waals surface area contributed by atoms with Gasteiger partial charge in [-0.2, -0.15) is 5.10 Å². The zero-order chi connectivity index (χ0) is 15.1. The third-order valence-corrected chi connectivity index (χ3v) is 3.19. The highest BCUT2D eigenvalue weighted by Crippen LogP contribution is 2.16. The molecule has 1 heterocycles. The summed E-state index contributed by atoms with van der Waals surface area (Å²) in [5.74, 6) is -0.208. The second-order valence-corrected chi connectivity index (χ2v) is 5.31. The van der Waals surface area contributed by atoms with E-state index in [4.69, 9.17) is 0 Å². The molecular formula is C15H15BrN4O. The van der Waals surface area contributed by atoms with Crippen LogP contribution in [0.15, 0.2) is 58.4 Å². The second-order valence-electron chi connectivity index (χ2n) is 4.39. The maximum absolute atomic E-state index is 11.9. The Balaban J connectivity index is 1.87. The van der Waals surface area contributed by atoms with E-state index in [1.807, 2.05) is 24.3 Å². The maximum atomic E-state index is 11.9. The highest BCUT2D eigenvalue weighted by molar-refractivity contribution is 9.10. The minimum absolute atomic E-state index is 0.208.